The molecule has 6 nitrogen and oxygen atoms in total. The minimum Gasteiger partial charge on any atom is -0.779 e. The molecule has 0 amide bonds. The Kier molecular flexibility index (Phi) is 4.59. The van der Waals surface area contributed by atoms with Gasteiger partial charge in [0.2, 0.25) is 0 Å². The molecule has 0 bridgehead atoms. The summed E-state index contributed by atoms with van der Waals surface area (Å²) in [5.74, 6) is -0.741. The quantitative estimate of drug-likeness (QED) is 0.436. The Morgan fingerprint density at radius 3 is 2.50 bits per heavy atom. The Morgan fingerprint density at radius 1 is 1.39 bits per heavy atom. The van der Waals surface area contributed by atoms with Crippen LogP contribution in [0.2, 0.25) is 0 Å². The van der Waals surface area contributed by atoms with Gasteiger partial charge in [-0.15, -0.1) is 0 Å². The van der Waals surface area contributed by atoms with E-state index in [2.05, 4.69) is 0 Å². The molecule has 0 aromatic rings. The molecule has 0 aliphatic carbocycles. The second kappa shape index (κ2) is 5.15. The van der Waals surface area contributed by atoms with Gasteiger partial charge in [0, 0.05) is 19.6 Å². The van der Waals surface area contributed by atoms with Gasteiger partial charge in [-0.3, -0.25) is 0 Å². The highest BCUT2D eigenvalue weighted by Gasteiger charge is 2.52. The van der Waals surface area contributed by atoms with Crippen LogP contribution < -0.4 is 4.89 Å². The highest BCUT2D eigenvalue weighted by Crippen LogP contribution is 2.40. The summed E-state index contributed by atoms with van der Waals surface area (Å²) in [5.41, 5.74) is 0. The van der Waals surface area contributed by atoms with E-state index in [1.807, 2.05) is 0 Å². The third-order valence-corrected chi connectivity index (χ3v) is 3.71. The molecule has 0 aromatic carbocycles. The van der Waals surface area contributed by atoms with Gasteiger partial charge < -0.3 is 28.6 Å². The minimum absolute atomic E-state index is 0. The lowest BCUT2D eigenvalue weighted by molar-refractivity contribution is -0.194. The Labute approximate surface area is 109 Å². The molecule has 2 radical (unpaired) electrons. The predicted octanol–water partition coefficient (Wildman–Crippen LogP) is -0.214. The molecule has 18 heavy (non-hydrogen) atoms. The van der Waals surface area contributed by atoms with E-state index in [0.29, 0.717) is 0 Å². The third-order valence-electron chi connectivity index (χ3n) is 2.88. The average Bonchev–Trinajstić information content (AvgIpc) is 2.58. The lowest BCUT2D eigenvalue weighted by Gasteiger charge is -2.24. The molecule has 5 atom stereocenters. The first-order valence-electron chi connectivity index (χ1n) is 5.47. The summed E-state index contributed by atoms with van der Waals surface area (Å²) in [6.07, 6.45) is -1.44. The van der Waals surface area contributed by atoms with Gasteiger partial charge in [-0.05, 0) is 20.3 Å². The van der Waals surface area contributed by atoms with E-state index in [-0.39, 0.29) is 32.2 Å². The molecule has 2 saturated heterocycles. The van der Waals surface area contributed by atoms with E-state index in [1.165, 1.54) is 0 Å². The maximum absolute atomic E-state index is 10.7. The van der Waals surface area contributed by atoms with Crippen LogP contribution >= 0.6 is 7.60 Å². The van der Waals surface area contributed by atoms with Crippen molar-refractivity contribution in [1.82, 2.24) is 0 Å². The molecule has 1 N–H and O–H groups in total. The molecule has 5 unspecified atom stereocenters. The first kappa shape index (κ1) is 16.0. The van der Waals surface area contributed by atoms with Gasteiger partial charge >= 0.3 is 0 Å². The Balaban J connectivity index is 0.00000162. The lowest BCUT2D eigenvalue weighted by atomic mass is 9.93. The van der Waals surface area contributed by atoms with Gasteiger partial charge in [0.15, 0.2) is 5.79 Å². The van der Waals surface area contributed by atoms with Gasteiger partial charge in [0.1, 0.15) is 27.6 Å². The largest absolute Gasteiger partial charge is 0.779 e. The summed E-state index contributed by atoms with van der Waals surface area (Å²) in [6, 6.07) is -0.628. The van der Waals surface area contributed by atoms with Crippen molar-refractivity contribution in [2.45, 2.75) is 50.4 Å². The first-order valence-corrected chi connectivity index (χ1v) is 7.24. The van der Waals surface area contributed by atoms with Crippen LogP contribution in [-0.4, -0.2) is 49.0 Å². The summed E-state index contributed by atoms with van der Waals surface area (Å²) >= 11 is 0. The summed E-state index contributed by atoms with van der Waals surface area (Å²) in [6.45, 7) is 3.53. The number of ether oxygens (including phenoxy) is 3. The SMILES string of the molecule is [B]C1OC(CCP(=O)([O-])O)C2OC(C)(C)OC12.[CH3+]. The van der Waals surface area contributed by atoms with Gasteiger partial charge in [-0.1, -0.05) is 0 Å². The van der Waals surface area contributed by atoms with Crippen molar-refractivity contribution in [3.63, 3.8) is 0 Å². The average molecular weight is 276 g/mol. The van der Waals surface area contributed by atoms with Crippen molar-refractivity contribution in [2.75, 3.05) is 6.16 Å². The molecule has 2 rings (SSSR count). The summed E-state index contributed by atoms with van der Waals surface area (Å²) in [4.78, 5) is 19.4. The standard InChI is InChI=1S/C9H16BO6P.CH3/c1-9(2)15-6-5(3-4-17(11,12)13)14-8(10)7(6)16-9;/h5-8H,3-4H2,1-2H3,(H2,11,12,13);1H3/q;+1/p-1. The van der Waals surface area contributed by atoms with Crippen molar-refractivity contribution in [3.8, 4) is 0 Å². The Bertz CT molecular complexity index is 343. The highest BCUT2D eigenvalue weighted by atomic mass is 31.2. The second-order valence-corrected chi connectivity index (χ2v) is 6.58. The zero-order valence-corrected chi connectivity index (χ0v) is 11.6. The normalized spacial score (nSPS) is 40.9. The van der Waals surface area contributed by atoms with Crippen LogP contribution in [0, 0.1) is 7.43 Å². The number of hydrogen-bond acceptors (Lipinski definition) is 5. The second-order valence-electron chi connectivity index (χ2n) is 4.85. The number of rotatable bonds is 3. The van der Waals surface area contributed by atoms with E-state index in [4.69, 9.17) is 27.0 Å². The molecule has 2 heterocycles. The number of fused-ring (bicyclic) bond motifs is 1. The fraction of sp³-hybridized carbons (Fsp3) is 0.900. The number of hydrogen-bond donors (Lipinski definition) is 1. The fourth-order valence-corrected chi connectivity index (χ4v) is 2.82. The van der Waals surface area contributed by atoms with Crippen LogP contribution in [0.15, 0.2) is 0 Å². The van der Waals surface area contributed by atoms with E-state index < -0.39 is 25.5 Å². The highest BCUT2D eigenvalue weighted by molar-refractivity contribution is 7.50. The summed E-state index contributed by atoms with van der Waals surface area (Å²) in [7, 11) is 1.46. The molecule has 102 valence electrons. The van der Waals surface area contributed by atoms with E-state index >= 15 is 0 Å². The van der Waals surface area contributed by atoms with Crippen LogP contribution in [-0.2, 0) is 18.8 Å². The van der Waals surface area contributed by atoms with Crippen molar-refractivity contribution < 1.29 is 28.6 Å². The van der Waals surface area contributed by atoms with E-state index in [1.54, 1.807) is 13.8 Å². The zero-order valence-electron chi connectivity index (χ0n) is 10.7. The third kappa shape index (κ3) is 3.50. The Morgan fingerprint density at radius 2 is 1.94 bits per heavy atom. The molecule has 2 fully saturated rings. The monoisotopic (exact) mass is 276 g/mol. The topological polar surface area (TPSA) is 88.1 Å². The first-order chi connectivity index (χ1) is 7.68. The molecule has 2 aliphatic rings. The fourth-order valence-electron chi connectivity index (χ4n) is 2.24. The van der Waals surface area contributed by atoms with Crippen LogP contribution in [0.4, 0.5) is 0 Å². The van der Waals surface area contributed by atoms with Gasteiger partial charge in [-0.2, -0.15) is 0 Å². The molecule has 8 heteroatoms. The predicted molar refractivity (Wildman–Crippen MR) is 64.0 cm³/mol. The van der Waals surface area contributed by atoms with Gasteiger partial charge in [0.25, 0.3) is 0 Å². The lowest BCUT2D eigenvalue weighted by Crippen LogP contribution is -2.30. The molecule has 0 aromatic heterocycles. The van der Waals surface area contributed by atoms with Crippen LogP contribution in [0.3, 0.4) is 0 Å². The smallest absolute Gasteiger partial charge is 0.163 e. The van der Waals surface area contributed by atoms with Gasteiger partial charge in [-0.25, -0.2) is 0 Å². The summed E-state index contributed by atoms with van der Waals surface area (Å²) < 4.78 is 27.3. The molecule has 2 aliphatic heterocycles. The van der Waals surface area contributed by atoms with E-state index in [0.717, 1.165) is 0 Å². The van der Waals surface area contributed by atoms with Crippen LogP contribution in [0.1, 0.15) is 20.3 Å². The summed E-state index contributed by atoms with van der Waals surface area (Å²) in [5, 5.41) is 0. The zero-order chi connectivity index (χ0) is 12.8. The Hall–Kier alpha value is -0.0351. The van der Waals surface area contributed by atoms with Crippen LogP contribution in [0.25, 0.3) is 0 Å². The van der Waals surface area contributed by atoms with Gasteiger partial charge in [0.05, 0.1) is 6.10 Å². The maximum Gasteiger partial charge on any atom is 0.163 e. The minimum atomic E-state index is -4.27. The molecule has 0 saturated carbocycles. The molecule has 0 spiro atoms. The maximum atomic E-state index is 10.7. The van der Waals surface area contributed by atoms with E-state index in [9.17, 15) is 9.46 Å². The molecular weight excluding hydrogens is 258 g/mol. The van der Waals surface area contributed by atoms with Crippen molar-refractivity contribution >= 4 is 15.4 Å². The van der Waals surface area contributed by atoms with Crippen molar-refractivity contribution in [3.05, 3.63) is 7.43 Å². The van der Waals surface area contributed by atoms with Crippen molar-refractivity contribution in [2.24, 2.45) is 0 Å². The van der Waals surface area contributed by atoms with Crippen molar-refractivity contribution in [1.29, 1.82) is 0 Å². The molecular formula is C10H18BO6P. The van der Waals surface area contributed by atoms with Crippen LogP contribution in [0.5, 0.6) is 0 Å².